The van der Waals surface area contributed by atoms with Gasteiger partial charge in [0.2, 0.25) is 0 Å². The number of thiophene rings is 1. The fourth-order valence-electron chi connectivity index (χ4n) is 2.97. The third kappa shape index (κ3) is 1.80. The fraction of sp³-hybridized carbons (Fsp3) is 0.375. The van der Waals surface area contributed by atoms with Crippen LogP contribution in [0.4, 0.5) is 0 Å². The van der Waals surface area contributed by atoms with Crippen molar-refractivity contribution in [2.24, 2.45) is 0 Å². The van der Waals surface area contributed by atoms with Gasteiger partial charge in [-0.15, -0.1) is 11.3 Å². The van der Waals surface area contributed by atoms with Gasteiger partial charge in [-0.2, -0.15) is 0 Å². The Kier molecular flexibility index (Phi) is 3.00. The van der Waals surface area contributed by atoms with Gasteiger partial charge in [0.1, 0.15) is 0 Å². The first-order valence-electron chi connectivity index (χ1n) is 6.51. The summed E-state index contributed by atoms with van der Waals surface area (Å²) in [4.78, 5) is 1.27. The number of hydrogen-bond acceptors (Lipinski definition) is 2. The molecule has 94 valence electrons. The Balaban J connectivity index is 1.97. The van der Waals surface area contributed by atoms with Crippen molar-refractivity contribution >= 4 is 11.3 Å². The zero-order valence-corrected chi connectivity index (χ0v) is 11.4. The molecular formula is C16H18OS. The summed E-state index contributed by atoms with van der Waals surface area (Å²) in [6.07, 6.45) is 3.04. The van der Waals surface area contributed by atoms with E-state index in [1.165, 1.54) is 16.9 Å². The maximum absolute atomic E-state index is 10.8. The number of aliphatic hydroxyl groups excluding tert-OH is 1. The fourth-order valence-corrected chi connectivity index (χ4v) is 3.70. The van der Waals surface area contributed by atoms with Crippen LogP contribution in [0.5, 0.6) is 0 Å². The number of rotatable bonds is 3. The van der Waals surface area contributed by atoms with E-state index >= 15 is 0 Å². The summed E-state index contributed by atoms with van der Waals surface area (Å²) in [6, 6.07) is 12.6. The Bertz CT molecular complexity index is 525. The van der Waals surface area contributed by atoms with Crippen LogP contribution in [0.2, 0.25) is 0 Å². The Labute approximate surface area is 112 Å². The smallest absolute Gasteiger partial charge is 0.0894 e. The highest BCUT2D eigenvalue weighted by Gasteiger charge is 2.45. The molecule has 1 fully saturated rings. The molecule has 0 radical (unpaired) electrons. The molecule has 1 nitrogen and oxygen atoms in total. The minimum absolute atomic E-state index is 0.0469. The molecule has 0 spiro atoms. The highest BCUT2D eigenvalue weighted by atomic mass is 32.1. The van der Waals surface area contributed by atoms with Gasteiger partial charge >= 0.3 is 0 Å². The van der Waals surface area contributed by atoms with Gasteiger partial charge < -0.3 is 5.11 Å². The van der Waals surface area contributed by atoms with Crippen molar-refractivity contribution in [2.75, 3.05) is 0 Å². The summed E-state index contributed by atoms with van der Waals surface area (Å²) >= 11 is 1.72. The van der Waals surface area contributed by atoms with Crippen LogP contribution in [-0.4, -0.2) is 5.11 Å². The maximum Gasteiger partial charge on any atom is 0.0894 e. The summed E-state index contributed by atoms with van der Waals surface area (Å²) in [7, 11) is 0. The largest absolute Gasteiger partial charge is 0.387 e. The third-order valence-electron chi connectivity index (χ3n) is 4.18. The van der Waals surface area contributed by atoms with Crippen molar-refractivity contribution < 1.29 is 5.11 Å². The lowest BCUT2D eigenvalue weighted by atomic mass is 9.60. The van der Waals surface area contributed by atoms with Gasteiger partial charge in [0.15, 0.2) is 0 Å². The zero-order chi connectivity index (χ0) is 12.6. The van der Waals surface area contributed by atoms with E-state index in [1.54, 1.807) is 11.3 Å². The molecule has 0 saturated heterocycles. The number of hydrogen-bond donors (Lipinski definition) is 1. The van der Waals surface area contributed by atoms with Gasteiger partial charge in [0, 0.05) is 10.3 Å². The van der Waals surface area contributed by atoms with E-state index in [4.69, 9.17) is 0 Å². The lowest BCUT2D eigenvalue weighted by Gasteiger charge is -2.46. The monoisotopic (exact) mass is 258 g/mol. The van der Waals surface area contributed by atoms with Crippen molar-refractivity contribution in [3.63, 3.8) is 0 Å². The second-order valence-electron chi connectivity index (χ2n) is 5.27. The Morgan fingerprint density at radius 3 is 2.44 bits per heavy atom. The first-order valence-corrected chi connectivity index (χ1v) is 7.39. The minimum Gasteiger partial charge on any atom is -0.387 e. The lowest BCUT2D eigenvalue weighted by molar-refractivity contribution is 0.0271. The number of aliphatic hydroxyl groups is 1. The van der Waals surface area contributed by atoms with Crippen LogP contribution in [0.15, 0.2) is 41.8 Å². The normalized spacial score (nSPS) is 19.2. The Morgan fingerprint density at radius 1 is 1.22 bits per heavy atom. The Morgan fingerprint density at radius 2 is 1.94 bits per heavy atom. The highest BCUT2D eigenvalue weighted by molar-refractivity contribution is 7.10. The predicted octanol–water partition coefficient (Wildman–Crippen LogP) is 4.21. The van der Waals surface area contributed by atoms with Crippen LogP contribution in [0.25, 0.3) is 0 Å². The molecule has 0 amide bonds. The molecule has 2 heteroatoms. The molecule has 1 saturated carbocycles. The van der Waals surface area contributed by atoms with Gasteiger partial charge in [-0.3, -0.25) is 0 Å². The first kappa shape index (κ1) is 11.9. The van der Waals surface area contributed by atoms with Crippen LogP contribution >= 0.6 is 11.3 Å². The molecule has 1 unspecified atom stereocenters. The van der Waals surface area contributed by atoms with Crippen molar-refractivity contribution in [3.8, 4) is 0 Å². The zero-order valence-electron chi connectivity index (χ0n) is 10.6. The predicted molar refractivity (Wildman–Crippen MR) is 76.0 cm³/mol. The van der Waals surface area contributed by atoms with E-state index in [0.29, 0.717) is 0 Å². The SMILES string of the molecule is Cc1cc(C(O)C2(c3ccccc3)CCC2)cs1. The summed E-state index contributed by atoms with van der Waals surface area (Å²) in [5.74, 6) is 0. The molecule has 1 N–H and O–H groups in total. The molecule has 1 aromatic heterocycles. The van der Waals surface area contributed by atoms with E-state index in [9.17, 15) is 5.11 Å². The molecule has 3 rings (SSSR count). The quantitative estimate of drug-likeness (QED) is 0.874. The van der Waals surface area contributed by atoms with Crippen molar-refractivity contribution in [1.29, 1.82) is 0 Å². The number of benzene rings is 1. The summed E-state index contributed by atoms with van der Waals surface area (Å²) in [6.45, 7) is 2.09. The standard InChI is InChI=1S/C16H18OS/c1-12-10-13(11-18-12)15(17)16(8-5-9-16)14-6-3-2-4-7-14/h2-4,6-7,10-11,15,17H,5,8-9H2,1H3. The average molecular weight is 258 g/mol. The molecule has 2 aromatic rings. The lowest BCUT2D eigenvalue weighted by Crippen LogP contribution is -2.40. The van der Waals surface area contributed by atoms with Crippen LogP contribution in [-0.2, 0) is 5.41 Å². The molecule has 0 aliphatic heterocycles. The van der Waals surface area contributed by atoms with Crippen molar-refractivity contribution in [2.45, 2.75) is 37.7 Å². The second kappa shape index (κ2) is 4.52. The summed E-state index contributed by atoms with van der Waals surface area (Å²) < 4.78 is 0. The Hall–Kier alpha value is -1.12. The van der Waals surface area contributed by atoms with Gasteiger partial charge in [0.25, 0.3) is 0 Å². The molecule has 1 heterocycles. The minimum atomic E-state index is -0.362. The summed E-state index contributed by atoms with van der Waals surface area (Å²) in [5, 5.41) is 12.9. The van der Waals surface area contributed by atoms with Crippen LogP contribution in [0.3, 0.4) is 0 Å². The maximum atomic E-state index is 10.8. The molecule has 1 atom stereocenters. The van der Waals surface area contributed by atoms with E-state index in [1.807, 2.05) is 6.07 Å². The third-order valence-corrected chi connectivity index (χ3v) is 5.06. The van der Waals surface area contributed by atoms with Crippen LogP contribution in [0, 0.1) is 6.92 Å². The van der Waals surface area contributed by atoms with E-state index in [0.717, 1.165) is 18.4 Å². The first-order chi connectivity index (χ1) is 8.72. The van der Waals surface area contributed by atoms with E-state index < -0.39 is 0 Å². The highest BCUT2D eigenvalue weighted by Crippen LogP contribution is 2.52. The van der Waals surface area contributed by atoms with Crippen LogP contribution < -0.4 is 0 Å². The van der Waals surface area contributed by atoms with Crippen molar-refractivity contribution in [3.05, 3.63) is 57.8 Å². The second-order valence-corrected chi connectivity index (χ2v) is 6.38. The molecule has 1 aliphatic carbocycles. The topological polar surface area (TPSA) is 20.2 Å². The van der Waals surface area contributed by atoms with E-state index in [2.05, 4.69) is 42.6 Å². The molecule has 18 heavy (non-hydrogen) atoms. The van der Waals surface area contributed by atoms with E-state index in [-0.39, 0.29) is 11.5 Å². The number of aryl methyl sites for hydroxylation is 1. The van der Waals surface area contributed by atoms with Gasteiger partial charge in [-0.05, 0) is 42.3 Å². The van der Waals surface area contributed by atoms with Crippen LogP contribution in [0.1, 0.15) is 41.4 Å². The molecule has 1 aromatic carbocycles. The van der Waals surface area contributed by atoms with Gasteiger partial charge in [-0.1, -0.05) is 36.8 Å². The van der Waals surface area contributed by atoms with Crippen molar-refractivity contribution in [1.82, 2.24) is 0 Å². The average Bonchev–Trinajstić information content (AvgIpc) is 2.76. The molecular weight excluding hydrogens is 240 g/mol. The molecule has 1 aliphatic rings. The summed E-state index contributed by atoms with van der Waals surface area (Å²) in [5.41, 5.74) is 2.32. The molecule has 0 bridgehead atoms. The van der Waals surface area contributed by atoms with Gasteiger partial charge in [0.05, 0.1) is 6.10 Å². The van der Waals surface area contributed by atoms with Gasteiger partial charge in [-0.25, -0.2) is 0 Å².